The van der Waals surface area contributed by atoms with Gasteiger partial charge in [0.05, 0.1) is 15.6 Å². The molecule has 21 heavy (non-hydrogen) atoms. The van der Waals surface area contributed by atoms with Gasteiger partial charge in [0.25, 0.3) is 0 Å². The second-order valence-corrected chi connectivity index (χ2v) is 7.87. The van der Waals surface area contributed by atoms with Crippen molar-refractivity contribution in [3.8, 4) is 0 Å². The average Bonchev–Trinajstić information content (AvgIpc) is 2.79. The van der Waals surface area contributed by atoms with Crippen LogP contribution in [0.4, 0.5) is 10.1 Å². The summed E-state index contributed by atoms with van der Waals surface area (Å²) in [6.07, 6.45) is 0.492. The molecule has 1 aromatic heterocycles. The zero-order valence-electron chi connectivity index (χ0n) is 11.1. The molecule has 0 bridgehead atoms. The molecule has 9 heteroatoms. The Bertz CT molecular complexity index is 762. The molecule has 0 amide bonds. The normalized spacial score (nSPS) is 11.8. The van der Waals surface area contributed by atoms with E-state index in [1.165, 1.54) is 11.3 Å². The van der Waals surface area contributed by atoms with Crippen molar-refractivity contribution in [3.05, 3.63) is 38.5 Å². The third-order valence-electron chi connectivity index (χ3n) is 2.64. The summed E-state index contributed by atoms with van der Waals surface area (Å²) in [6.45, 7) is 2.08. The lowest BCUT2D eigenvalue weighted by atomic mass is 10.3. The molecule has 0 fully saturated rings. The van der Waals surface area contributed by atoms with E-state index < -0.39 is 15.8 Å². The standard InChI is InChI=1S/C12H13BrFN3O2S2/c1-7-6-20-12(17-7)2-3-16-21(18,19)11-5-10(15)9(14)4-8(11)13/h4-6,16H,2-3,15H2,1H3. The van der Waals surface area contributed by atoms with E-state index in [4.69, 9.17) is 5.73 Å². The Hall–Kier alpha value is -1.03. The maximum atomic E-state index is 13.2. The Morgan fingerprint density at radius 2 is 2.19 bits per heavy atom. The van der Waals surface area contributed by atoms with Crippen molar-refractivity contribution in [2.24, 2.45) is 0 Å². The molecule has 0 atom stereocenters. The van der Waals surface area contributed by atoms with Gasteiger partial charge in [-0.05, 0) is 35.0 Å². The number of thiazole rings is 1. The van der Waals surface area contributed by atoms with Gasteiger partial charge in [-0.15, -0.1) is 11.3 Å². The molecule has 0 radical (unpaired) electrons. The highest BCUT2D eigenvalue weighted by molar-refractivity contribution is 9.10. The summed E-state index contributed by atoms with van der Waals surface area (Å²) in [6, 6.07) is 2.13. The number of nitrogen functional groups attached to an aromatic ring is 1. The second kappa shape index (κ2) is 6.39. The van der Waals surface area contributed by atoms with Gasteiger partial charge in [-0.1, -0.05) is 0 Å². The van der Waals surface area contributed by atoms with Crippen molar-refractivity contribution in [2.45, 2.75) is 18.2 Å². The van der Waals surface area contributed by atoms with Gasteiger partial charge in [-0.25, -0.2) is 22.5 Å². The largest absolute Gasteiger partial charge is 0.396 e. The number of nitrogens with one attached hydrogen (secondary N) is 1. The molecule has 114 valence electrons. The number of benzene rings is 1. The Morgan fingerprint density at radius 3 is 2.81 bits per heavy atom. The summed E-state index contributed by atoms with van der Waals surface area (Å²) < 4.78 is 40.2. The van der Waals surface area contributed by atoms with Gasteiger partial charge in [0.2, 0.25) is 10.0 Å². The minimum Gasteiger partial charge on any atom is -0.396 e. The van der Waals surface area contributed by atoms with Crippen LogP contribution < -0.4 is 10.5 Å². The predicted molar refractivity (Wildman–Crippen MR) is 84.3 cm³/mol. The minimum absolute atomic E-state index is 0.0864. The van der Waals surface area contributed by atoms with Crippen LogP contribution in [0.15, 0.2) is 26.9 Å². The zero-order chi connectivity index (χ0) is 15.6. The first-order chi connectivity index (χ1) is 9.79. The predicted octanol–water partition coefficient (Wildman–Crippen LogP) is 2.46. The molecule has 3 N–H and O–H groups in total. The highest BCUT2D eigenvalue weighted by Crippen LogP contribution is 2.26. The fraction of sp³-hybridized carbons (Fsp3) is 0.250. The van der Waals surface area contributed by atoms with E-state index >= 15 is 0 Å². The summed E-state index contributed by atoms with van der Waals surface area (Å²) >= 11 is 4.51. The molecule has 1 heterocycles. The molecule has 2 aromatic rings. The first kappa shape index (κ1) is 16.3. The van der Waals surface area contributed by atoms with Gasteiger partial charge in [0.1, 0.15) is 5.82 Å². The van der Waals surface area contributed by atoms with Gasteiger partial charge in [0, 0.05) is 28.5 Å². The molecule has 5 nitrogen and oxygen atoms in total. The average molecular weight is 394 g/mol. The van der Waals surface area contributed by atoms with E-state index in [2.05, 4.69) is 25.6 Å². The van der Waals surface area contributed by atoms with E-state index in [0.717, 1.165) is 22.8 Å². The highest BCUT2D eigenvalue weighted by atomic mass is 79.9. The van der Waals surface area contributed by atoms with Crippen molar-refractivity contribution in [2.75, 3.05) is 12.3 Å². The molecule has 0 aliphatic carbocycles. The molecular formula is C12H13BrFN3O2S2. The Balaban J connectivity index is 2.10. The molecule has 2 rings (SSSR count). The van der Waals surface area contributed by atoms with Gasteiger partial charge in [-0.2, -0.15) is 0 Å². The van der Waals surface area contributed by atoms with Crippen molar-refractivity contribution in [1.29, 1.82) is 0 Å². The number of nitrogens with zero attached hydrogens (tertiary/aromatic N) is 1. The van der Waals surface area contributed by atoms with Crippen LogP contribution in [0.25, 0.3) is 0 Å². The summed E-state index contributed by atoms with van der Waals surface area (Å²) in [4.78, 5) is 4.16. The highest BCUT2D eigenvalue weighted by Gasteiger charge is 2.19. The van der Waals surface area contributed by atoms with E-state index in [0.29, 0.717) is 6.42 Å². The zero-order valence-corrected chi connectivity index (χ0v) is 14.3. The van der Waals surface area contributed by atoms with Crippen LogP contribution in [0.2, 0.25) is 0 Å². The van der Waals surface area contributed by atoms with Crippen molar-refractivity contribution < 1.29 is 12.8 Å². The smallest absolute Gasteiger partial charge is 0.241 e. The third-order valence-corrected chi connectivity index (χ3v) is 6.08. The van der Waals surface area contributed by atoms with Crippen LogP contribution in [0.3, 0.4) is 0 Å². The minimum atomic E-state index is -3.76. The molecule has 0 aliphatic rings. The maximum absolute atomic E-state index is 13.2. The summed E-state index contributed by atoms with van der Waals surface area (Å²) in [5.74, 6) is -0.668. The lowest BCUT2D eigenvalue weighted by Gasteiger charge is -2.09. The van der Waals surface area contributed by atoms with E-state index in [1.807, 2.05) is 12.3 Å². The number of anilines is 1. The molecule has 0 saturated heterocycles. The van der Waals surface area contributed by atoms with Crippen LogP contribution in [0, 0.1) is 12.7 Å². The fourth-order valence-corrected chi connectivity index (χ4v) is 4.49. The monoisotopic (exact) mass is 393 g/mol. The van der Waals surface area contributed by atoms with E-state index in [-0.39, 0.29) is 21.6 Å². The van der Waals surface area contributed by atoms with Gasteiger partial charge in [0.15, 0.2) is 0 Å². The van der Waals surface area contributed by atoms with Gasteiger partial charge < -0.3 is 5.73 Å². The quantitative estimate of drug-likeness (QED) is 0.763. The van der Waals surface area contributed by atoms with Crippen LogP contribution in [0.1, 0.15) is 10.7 Å². The lowest BCUT2D eigenvalue weighted by molar-refractivity contribution is 0.580. The van der Waals surface area contributed by atoms with Crippen LogP contribution in [-0.2, 0) is 16.4 Å². The van der Waals surface area contributed by atoms with Gasteiger partial charge >= 0.3 is 0 Å². The molecule has 0 saturated carbocycles. The van der Waals surface area contributed by atoms with Gasteiger partial charge in [-0.3, -0.25) is 0 Å². The Morgan fingerprint density at radius 1 is 1.48 bits per heavy atom. The van der Waals surface area contributed by atoms with Crippen LogP contribution in [0.5, 0.6) is 0 Å². The number of aryl methyl sites for hydroxylation is 1. The Kier molecular flexibility index (Phi) is 4.97. The third kappa shape index (κ3) is 4.00. The number of nitrogens with two attached hydrogens (primary N) is 1. The molecule has 0 spiro atoms. The number of hydrogen-bond acceptors (Lipinski definition) is 5. The topological polar surface area (TPSA) is 85.1 Å². The molecular weight excluding hydrogens is 381 g/mol. The maximum Gasteiger partial charge on any atom is 0.241 e. The van der Waals surface area contributed by atoms with E-state index in [1.54, 1.807) is 0 Å². The van der Waals surface area contributed by atoms with Crippen LogP contribution in [-0.4, -0.2) is 19.9 Å². The van der Waals surface area contributed by atoms with Crippen molar-refractivity contribution >= 4 is 43.0 Å². The number of rotatable bonds is 5. The number of halogens is 2. The number of sulfonamides is 1. The fourth-order valence-electron chi connectivity index (χ4n) is 1.64. The SMILES string of the molecule is Cc1csc(CCNS(=O)(=O)c2cc(N)c(F)cc2Br)n1. The Labute approximate surface area is 134 Å². The number of aromatic nitrogens is 1. The number of hydrogen-bond donors (Lipinski definition) is 2. The first-order valence-electron chi connectivity index (χ1n) is 5.95. The van der Waals surface area contributed by atoms with Crippen molar-refractivity contribution in [1.82, 2.24) is 9.71 Å². The summed E-state index contributed by atoms with van der Waals surface area (Å²) in [5, 5.41) is 2.76. The molecule has 1 aromatic carbocycles. The molecule has 0 aliphatic heterocycles. The summed E-state index contributed by atoms with van der Waals surface area (Å²) in [7, 11) is -3.76. The second-order valence-electron chi connectivity index (χ2n) is 4.33. The van der Waals surface area contributed by atoms with Crippen LogP contribution >= 0.6 is 27.3 Å². The molecule has 0 unspecified atom stereocenters. The van der Waals surface area contributed by atoms with Crippen molar-refractivity contribution in [3.63, 3.8) is 0 Å². The van der Waals surface area contributed by atoms with E-state index in [9.17, 15) is 12.8 Å². The first-order valence-corrected chi connectivity index (χ1v) is 9.10. The lowest BCUT2D eigenvalue weighted by Crippen LogP contribution is -2.26. The summed E-state index contributed by atoms with van der Waals surface area (Å²) in [5.41, 5.74) is 6.11.